The molecule has 0 atom stereocenters. The van der Waals surface area contributed by atoms with Crippen molar-refractivity contribution in [2.75, 3.05) is 13.1 Å². The number of benzene rings is 1. The topological polar surface area (TPSA) is 12.0 Å². The average molecular weight is 195 g/mol. The van der Waals surface area contributed by atoms with E-state index in [0.717, 1.165) is 24.5 Å². The van der Waals surface area contributed by atoms with Gasteiger partial charge in [0.05, 0.1) is 0 Å². The Morgan fingerprint density at radius 2 is 2.00 bits per heavy atom. The highest BCUT2D eigenvalue weighted by atomic mass is 35.5. The number of hydrogen-bond donors (Lipinski definition) is 1. The van der Waals surface area contributed by atoms with E-state index in [1.54, 1.807) is 5.92 Å². The molecule has 1 fully saturated rings. The van der Waals surface area contributed by atoms with E-state index < -0.39 is 0 Å². The Morgan fingerprint density at radius 3 is 2.62 bits per heavy atom. The van der Waals surface area contributed by atoms with E-state index >= 15 is 0 Å². The van der Waals surface area contributed by atoms with Gasteiger partial charge in [-0.15, -0.1) is 0 Å². The van der Waals surface area contributed by atoms with Crippen LogP contribution in [0.15, 0.2) is 24.3 Å². The predicted molar refractivity (Wildman–Crippen MR) is 55.9 cm³/mol. The van der Waals surface area contributed by atoms with Crippen LogP contribution < -0.4 is 5.32 Å². The second-order valence-corrected chi connectivity index (χ2v) is 3.92. The van der Waals surface area contributed by atoms with Gasteiger partial charge < -0.3 is 5.32 Å². The molecule has 13 heavy (non-hydrogen) atoms. The lowest BCUT2D eigenvalue weighted by Crippen LogP contribution is -2.09. The second-order valence-electron chi connectivity index (χ2n) is 3.48. The van der Waals surface area contributed by atoms with Gasteiger partial charge in [0, 0.05) is 11.6 Å². The van der Waals surface area contributed by atoms with Crippen molar-refractivity contribution in [1.82, 2.24) is 5.32 Å². The largest absolute Gasteiger partial charge is 0.316 e. The fourth-order valence-corrected chi connectivity index (χ4v) is 1.79. The smallest absolute Gasteiger partial charge is 0.0406 e. The van der Waals surface area contributed by atoms with Gasteiger partial charge in [-0.3, -0.25) is 0 Å². The van der Waals surface area contributed by atoms with Crippen molar-refractivity contribution in [1.29, 1.82) is 0 Å². The van der Waals surface area contributed by atoms with Gasteiger partial charge in [0.15, 0.2) is 0 Å². The third-order valence-corrected chi connectivity index (χ3v) is 2.65. The fraction of sp³-hybridized carbons (Fsp3) is 0.364. The Bertz CT molecular complexity index is 262. The normalized spacial score (nSPS) is 17.9. The Kier molecular flexibility index (Phi) is 2.87. The van der Waals surface area contributed by atoms with Gasteiger partial charge in [-0.2, -0.15) is 0 Å². The third-order valence-electron chi connectivity index (χ3n) is 2.40. The van der Waals surface area contributed by atoms with Crippen molar-refractivity contribution in [3.63, 3.8) is 0 Å². The highest BCUT2D eigenvalue weighted by molar-refractivity contribution is 6.30. The molecule has 1 aromatic carbocycles. The second kappa shape index (κ2) is 4.12. The zero-order chi connectivity index (χ0) is 9.10. The Morgan fingerprint density at radius 1 is 1.23 bits per heavy atom. The van der Waals surface area contributed by atoms with Crippen molar-refractivity contribution in [2.45, 2.75) is 12.8 Å². The van der Waals surface area contributed by atoms with Crippen LogP contribution in [0.3, 0.4) is 0 Å². The van der Waals surface area contributed by atoms with E-state index in [9.17, 15) is 0 Å². The van der Waals surface area contributed by atoms with Gasteiger partial charge in [0.1, 0.15) is 0 Å². The van der Waals surface area contributed by atoms with Crippen molar-refractivity contribution < 1.29 is 0 Å². The first-order chi connectivity index (χ1) is 6.34. The minimum atomic E-state index is 0.818. The van der Waals surface area contributed by atoms with E-state index in [1.807, 2.05) is 12.1 Å². The molecular weight excluding hydrogens is 182 g/mol. The van der Waals surface area contributed by atoms with Gasteiger partial charge in [-0.25, -0.2) is 0 Å². The molecule has 1 heterocycles. The summed E-state index contributed by atoms with van der Waals surface area (Å²) in [6, 6.07) is 8.13. The van der Waals surface area contributed by atoms with Crippen molar-refractivity contribution in [3.05, 3.63) is 40.8 Å². The number of hydrogen-bond acceptors (Lipinski definition) is 1. The molecule has 1 N–H and O–H groups in total. The quantitative estimate of drug-likeness (QED) is 0.763. The third kappa shape index (κ3) is 2.45. The maximum Gasteiger partial charge on any atom is 0.0406 e. The van der Waals surface area contributed by atoms with Crippen LogP contribution in [-0.4, -0.2) is 13.1 Å². The predicted octanol–water partition coefficient (Wildman–Crippen LogP) is 2.45. The molecule has 0 aromatic heterocycles. The lowest BCUT2D eigenvalue weighted by atomic mass is 9.99. The molecular formula is C11H13ClN. The molecule has 0 bridgehead atoms. The summed E-state index contributed by atoms with van der Waals surface area (Å²) >= 11 is 5.81. The summed E-state index contributed by atoms with van der Waals surface area (Å²) < 4.78 is 0. The van der Waals surface area contributed by atoms with Crippen LogP contribution >= 0.6 is 11.6 Å². The van der Waals surface area contributed by atoms with Crippen LogP contribution in [-0.2, 0) is 6.42 Å². The monoisotopic (exact) mass is 194 g/mol. The van der Waals surface area contributed by atoms with Crippen molar-refractivity contribution >= 4 is 11.6 Å². The molecule has 2 rings (SSSR count). The van der Waals surface area contributed by atoms with E-state index in [2.05, 4.69) is 17.4 Å². The van der Waals surface area contributed by atoms with Crippen LogP contribution in [0.25, 0.3) is 0 Å². The van der Waals surface area contributed by atoms with Crippen LogP contribution in [0.5, 0.6) is 0 Å². The summed E-state index contributed by atoms with van der Waals surface area (Å²) in [7, 11) is 0. The standard InChI is InChI=1S/C11H13ClN/c12-11-3-1-9(2-4-11)7-10-5-6-13-8-10/h1-4,13H,5-8H2. The minimum absolute atomic E-state index is 0.818. The summed E-state index contributed by atoms with van der Waals surface area (Å²) in [4.78, 5) is 0. The van der Waals surface area contributed by atoms with Crippen molar-refractivity contribution in [2.24, 2.45) is 0 Å². The van der Waals surface area contributed by atoms with Crippen LogP contribution in [0.2, 0.25) is 5.02 Å². The lowest BCUT2D eigenvalue weighted by Gasteiger charge is -2.06. The first-order valence-corrected chi connectivity index (χ1v) is 5.01. The molecule has 0 aliphatic carbocycles. The van der Waals surface area contributed by atoms with Gasteiger partial charge in [0.25, 0.3) is 0 Å². The molecule has 0 saturated carbocycles. The molecule has 1 saturated heterocycles. The van der Waals surface area contributed by atoms with Gasteiger partial charge >= 0.3 is 0 Å². The Balaban J connectivity index is 1.97. The summed E-state index contributed by atoms with van der Waals surface area (Å²) in [5, 5.41) is 4.16. The van der Waals surface area contributed by atoms with Crippen LogP contribution in [0.1, 0.15) is 12.0 Å². The fourth-order valence-electron chi connectivity index (χ4n) is 1.66. The van der Waals surface area contributed by atoms with Gasteiger partial charge in [0.2, 0.25) is 0 Å². The molecule has 1 radical (unpaired) electrons. The SMILES string of the molecule is Clc1ccc(C[C]2CCNC2)cc1. The Labute approximate surface area is 84.1 Å². The van der Waals surface area contributed by atoms with E-state index in [0.29, 0.717) is 0 Å². The molecule has 0 spiro atoms. The summed E-state index contributed by atoms with van der Waals surface area (Å²) in [6.07, 6.45) is 2.33. The molecule has 2 heteroatoms. The highest BCUT2D eigenvalue weighted by Crippen LogP contribution is 2.18. The summed E-state index contributed by atoms with van der Waals surface area (Å²) in [5.74, 6) is 1.60. The van der Waals surface area contributed by atoms with Crippen LogP contribution in [0.4, 0.5) is 0 Å². The number of halogens is 1. The maximum absolute atomic E-state index is 5.81. The molecule has 69 valence electrons. The van der Waals surface area contributed by atoms with Gasteiger partial charge in [-0.05, 0) is 43.0 Å². The minimum Gasteiger partial charge on any atom is -0.316 e. The molecule has 1 nitrogen and oxygen atoms in total. The van der Waals surface area contributed by atoms with E-state index in [-0.39, 0.29) is 0 Å². The zero-order valence-corrected chi connectivity index (χ0v) is 8.27. The van der Waals surface area contributed by atoms with Gasteiger partial charge in [-0.1, -0.05) is 23.7 Å². The number of rotatable bonds is 2. The van der Waals surface area contributed by atoms with Crippen LogP contribution in [0, 0.1) is 5.92 Å². The molecule has 1 aromatic rings. The molecule has 1 aliphatic heterocycles. The van der Waals surface area contributed by atoms with Crippen molar-refractivity contribution in [3.8, 4) is 0 Å². The highest BCUT2D eigenvalue weighted by Gasteiger charge is 2.14. The first kappa shape index (κ1) is 9.04. The molecule has 1 aliphatic rings. The Hall–Kier alpha value is -0.530. The van der Waals surface area contributed by atoms with E-state index in [1.165, 1.54) is 12.0 Å². The lowest BCUT2D eigenvalue weighted by molar-refractivity contribution is 0.849. The zero-order valence-electron chi connectivity index (χ0n) is 7.52. The number of nitrogens with one attached hydrogen (secondary N) is 1. The maximum atomic E-state index is 5.81. The molecule has 0 unspecified atom stereocenters. The molecule has 0 amide bonds. The average Bonchev–Trinajstić information content (AvgIpc) is 2.62. The van der Waals surface area contributed by atoms with E-state index in [4.69, 9.17) is 11.6 Å². The summed E-state index contributed by atoms with van der Waals surface area (Å²) in [6.45, 7) is 2.23. The first-order valence-electron chi connectivity index (χ1n) is 4.63. The summed E-state index contributed by atoms with van der Waals surface area (Å²) in [5.41, 5.74) is 1.36.